The lowest BCUT2D eigenvalue weighted by Gasteiger charge is -2.24. The second-order valence-electron chi connectivity index (χ2n) is 6.20. The van der Waals surface area contributed by atoms with E-state index in [1.807, 2.05) is 26.8 Å². The van der Waals surface area contributed by atoms with Crippen molar-refractivity contribution in [1.82, 2.24) is 0 Å². The highest BCUT2D eigenvalue weighted by Gasteiger charge is 2.20. The fourth-order valence-corrected chi connectivity index (χ4v) is 2.65. The van der Waals surface area contributed by atoms with Gasteiger partial charge in [0.2, 0.25) is 11.8 Å². The fourth-order valence-electron chi connectivity index (χ4n) is 2.48. The third-order valence-corrected chi connectivity index (χ3v) is 4.15. The summed E-state index contributed by atoms with van der Waals surface area (Å²) in [5.74, 6) is -0.00266. The van der Waals surface area contributed by atoms with Crippen LogP contribution in [0, 0.1) is 6.92 Å². The van der Waals surface area contributed by atoms with Gasteiger partial charge in [0.25, 0.3) is 0 Å². The molecule has 1 N–H and O–H groups in total. The summed E-state index contributed by atoms with van der Waals surface area (Å²) in [6.45, 7) is 6.93. The van der Waals surface area contributed by atoms with Crippen LogP contribution in [-0.2, 0) is 9.59 Å². The van der Waals surface area contributed by atoms with E-state index in [1.54, 1.807) is 36.4 Å². The van der Waals surface area contributed by atoms with Crippen LogP contribution in [0.3, 0.4) is 0 Å². The molecular weight excluding hydrogens is 352 g/mol. The van der Waals surface area contributed by atoms with E-state index in [1.165, 1.54) is 11.8 Å². The van der Waals surface area contributed by atoms with Crippen molar-refractivity contribution in [3.8, 4) is 5.75 Å². The van der Waals surface area contributed by atoms with Gasteiger partial charge in [0, 0.05) is 17.6 Å². The first kappa shape index (κ1) is 19.8. The molecule has 0 fully saturated rings. The summed E-state index contributed by atoms with van der Waals surface area (Å²) in [5, 5.41) is 3.38. The SMILES string of the molecule is CC(=O)N(CC(=O)Nc1cccc(Cl)c1C)c1ccccc1OC(C)C. The lowest BCUT2D eigenvalue weighted by molar-refractivity contribution is -0.120. The van der Waals surface area contributed by atoms with Crippen LogP contribution in [0.5, 0.6) is 5.75 Å². The lowest BCUT2D eigenvalue weighted by atomic mass is 10.2. The monoisotopic (exact) mass is 374 g/mol. The second kappa shape index (κ2) is 8.72. The molecule has 2 amide bonds. The van der Waals surface area contributed by atoms with Crippen LogP contribution < -0.4 is 15.0 Å². The quantitative estimate of drug-likeness (QED) is 0.813. The third-order valence-electron chi connectivity index (χ3n) is 3.74. The average molecular weight is 375 g/mol. The van der Waals surface area contributed by atoms with Crippen molar-refractivity contribution in [2.24, 2.45) is 0 Å². The molecule has 26 heavy (non-hydrogen) atoms. The molecule has 0 aromatic heterocycles. The smallest absolute Gasteiger partial charge is 0.244 e. The molecule has 0 saturated carbocycles. The summed E-state index contributed by atoms with van der Waals surface area (Å²) in [6, 6.07) is 12.5. The Balaban J connectivity index is 2.22. The molecule has 0 bridgehead atoms. The first-order valence-corrected chi connectivity index (χ1v) is 8.76. The van der Waals surface area contributed by atoms with Gasteiger partial charge < -0.3 is 10.1 Å². The Hall–Kier alpha value is -2.53. The summed E-state index contributed by atoms with van der Waals surface area (Å²) in [7, 11) is 0. The van der Waals surface area contributed by atoms with Gasteiger partial charge in [0.05, 0.1) is 11.8 Å². The molecule has 0 aliphatic rings. The minimum Gasteiger partial charge on any atom is -0.489 e. The largest absolute Gasteiger partial charge is 0.489 e. The maximum atomic E-state index is 12.5. The van der Waals surface area contributed by atoms with E-state index in [4.69, 9.17) is 16.3 Å². The number of carbonyl (C=O) groups excluding carboxylic acids is 2. The van der Waals surface area contributed by atoms with Gasteiger partial charge in [-0.2, -0.15) is 0 Å². The standard InChI is InChI=1S/C20H23ClN2O3/c1-13(2)26-19-11-6-5-10-18(19)23(15(4)24)12-20(25)22-17-9-7-8-16(21)14(17)3/h5-11,13H,12H2,1-4H3,(H,22,25). The molecule has 0 atom stereocenters. The molecule has 0 spiro atoms. The Morgan fingerprint density at radius 1 is 1.15 bits per heavy atom. The fraction of sp³-hybridized carbons (Fsp3) is 0.300. The van der Waals surface area contributed by atoms with E-state index in [-0.39, 0.29) is 24.5 Å². The van der Waals surface area contributed by atoms with Crippen LogP contribution in [0.4, 0.5) is 11.4 Å². The molecule has 0 heterocycles. The van der Waals surface area contributed by atoms with Gasteiger partial charge in [-0.15, -0.1) is 0 Å². The molecule has 2 rings (SSSR count). The van der Waals surface area contributed by atoms with E-state index >= 15 is 0 Å². The van der Waals surface area contributed by atoms with Gasteiger partial charge in [-0.25, -0.2) is 0 Å². The minimum atomic E-state index is -0.315. The minimum absolute atomic E-state index is 0.0482. The topological polar surface area (TPSA) is 58.6 Å². The maximum Gasteiger partial charge on any atom is 0.244 e. The van der Waals surface area contributed by atoms with Crippen molar-refractivity contribution in [1.29, 1.82) is 0 Å². The van der Waals surface area contributed by atoms with Crippen LogP contribution in [0.1, 0.15) is 26.3 Å². The van der Waals surface area contributed by atoms with E-state index in [0.29, 0.717) is 22.1 Å². The third kappa shape index (κ3) is 4.99. The number of nitrogens with one attached hydrogen (secondary N) is 1. The molecule has 0 aliphatic carbocycles. The highest BCUT2D eigenvalue weighted by Crippen LogP contribution is 2.29. The Bertz CT molecular complexity index is 805. The molecule has 6 heteroatoms. The normalized spacial score (nSPS) is 10.5. The molecule has 0 radical (unpaired) electrons. The number of amides is 2. The van der Waals surface area contributed by atoms with Gasteiger partial charge in [0.1, 0.15) is 12.3 Å². The Morgan fingerprint density at radius 3 is 2.50 bits per heavy atom. The van der Waals surface area contributed by atoms with Crippen LogP contribution in [0.2, 0.25) is 5.02 Å². The number of carbonyl (C=O) groups is 2. The van der Waals surface area contributed by atoms with Crippen molar-refractivity contribution in [3.63, 3.8) is 0 Å². The first-order chi connectivity index (χ1) is 12.3. The van der Waals surface area contributed by atoms with Gasteiger partial charge in [-0.3, -0.25) is 14.5 Å². The number of ether oxygens (including phenoxy) is 1. The summed E-state index contributed by atoms with van der Waals surface area (Å²) in [5.41, 5.74) is 1.96. The predicted octanol–water partition coefficient (Wildman–Crippen LogP) is 4.43. The summed E-state index contributed by atoms with van der Waals surface area (Å²) in [6.07, 6.45) is -0.0482. The molecular formula is C20H23ClN2O3. The van der Waals surface area contributed by atoms with Gasteiger partial charge >= 0.3 is 0 Å². The number of para-hydroxylation sites is 2. The Kier molecular flexibility index (Phi) is 6.64. The van der Waals surface area contributed by atoms with Crippen molar-refractivity contribution in [2.75, 3.05) is 16.8 Å². The van der Waals surface area contributed by atoms with Crippen molar-refractivity contribution in [3.05, 3.63) is 53.1 Å². The Labute approximate surface area is 158 Å². The Morgan fingerprint density at radius 2 is 1.85 bits per heavy atom. The van der Waals surface area contributed by atoms with Gasteiger partial charge in [-0.05, 0) is 50.6 Å². The maximum absolute atomic E-state index is 12.5. The zero-order valence-electron chi connectivity index (χ0n) is 15.4. The van der Waals surface area contributed by atoms with Crippen molar-refractivity contribution >= 4 is 34.8 Å². The summed E-state index contributed by atoms with van der Waals surface area (Å²) in [4.78, 5) is 26.1. The summed E-state index contributed by atoms with van der Waals surface area (Å²) >= 11 is 6.09. The molecule has 0 saturated heterocycles. The number of halogens is 1. The predicted molar refractivity (Wildman–Crippen MR) is 105 cm³/mol. The molecule has 0 aliphatic heterocycles. The number of nitrogens with zero attached hydrogens (tertiary/aromatic N) is 1. The van der Waals surface area contributed by atoms with Crippen molar-refractivity contribution in [2.45, 2.75) is 33.8 Å². The van der Waals surface area contributed by atoms with E-state index < -0.39 is 0 Å². The molecule has 2 aromatic rings. The lowest BCUT2D eigenvalue weighted by Crippen LogP contribution is -2.37. The zero-order valence-corrected chi connectivity index (χ0v) is 16.1. The number of anilines is 2. The zero-order chi connectivity index (χ0) is 19.3. The number of hydrogen-bond donors (Lipinski definition) is 1. The second-order valence-corrected chi connectivity index (χ2v) is 6.61. The van der Waals surface area contributed by atoms with E-state index in [9.17, 15) is 9.59 Å². The summed E-state index contributed by atoms with van der Waals surface area (Å²) < 4.78 is 5.77. The van der Waals surface area contributed by atoms with Crippen LogP contribution in [0.15, 0.2) is 42.5 Å². The molecule has 0 unspecified atom stereocenters. The van der Waals surface area contributed by atoms with Gasteiger partial charge in [0.15, 0.2) is 0 Å². The highest BCUT2D eigenvalue weighted by molar-refractivity contribution is 6.31. The molecule has 5 nitrogen and oxygen atoms in total. The highest BCUT2D eigenvalue weighted by atomic mass is 35.5. The van der Waals surface area contributed by atoms with E-state index in [2.05, 4.69) is 5.32 Å². The average Bonchev–Trinajstić information content (AvgIpc) is 2.57. The van der Waals surface area contributed by atoms with Crippen LogP contribution in [0.25, 0.3) is 0 Å². The first-order valence-electron chi connectivity index (χ1n) is 8.38. The van der Waals surface area contributed by atoms with Crippen LogP contribution in [-0.4, -0.2) is 24.5 Å². The number of benzene rings is 2. The number of rotatable bonds is 6. The molecule has 138 valence electrons. The van der Waals surface area contributed by atoms with Gasteiger partial charge in [-0.1, -0.05) is 29.8 Å². The molecule has 2 aromatic carbocycles. The number of hydrogen-bond acceptors (Lipinski definition) is 3. The van der Waals surface area contributed by atoms with Crippen molar-refractivity contribution < 1.29 is 14.3 Å². The van der Waals surface area contributed by atoms with Crippen LogP contribution >= 0.6 is 11.6 Å². The van der Waals surface area contributed by atoms with E-state index in [0.717, 1.165) is 5.56 Å².